The normalized spacial score (nSPS) is 12.6. The van der Waals surface area contributed by atoms with Gasteiger partial charge in [0.05, 0.1) is 45.1 Å². The Morgan fingerprint density at radius 3 is 2.18 bits per heavy atom. The molecule has 0 aromatic carbocycles. The van der Waals surface area contributed by atoms with Gasteiger partial charge in [-0.2, -0.15) is 10.5 Å². The molecule has 0 saturated heterocycles. The highest BCUT2D eigenvalue weighted by Crippen LogP contribution is 2.15. The molecule has 0 aromatic rings. The molecule has 122 valence electrons. The molecule has 0 aliphatic heterocycles. The fourth-order valence-electron chi connectivity index (χ4n) is 1.84. The Bertz CT molecular complexity index is 435. The first-order chi connectivity index (χ1) is 10.4. The lowest BCUT2D eigenvalue weighted by molar-refractivity contribution is -0.142. The van der Waals surface area contributed by atoms with Crippen molar-refractivity contribution in [3.8, 4) is 12.1 Å². The highest BCUT2D eigenvalue weighted by Gasteiger charge is 2.27. The highest BCUT2D eigenvalue weighted by molar-refractivity contribution is 5.78. The molecule has 0 spiro atoms. The summed E-state index contributed by atoms with van der Waals surface area (Å²) in [6.07, 6.45) is 1.28. The van der Waals surface area contributed by atoms with Crippen LogP contribution in [-0.4, -0.2) is 49.1 Å². The predicted molar refractivity (Wildman–Crippen MR) is 80.4 cm³/mol. The van der Waals surface area contributed by atoms with Crippen LogP contribution in [0.2, 0.25) is 0 Å². The number of hydrogen-bond acceptors (Lipinski definition) is 6. The number of nitrogens with one attached hydrogen (secondary N) is 1. The number of amides is 1. The van der Waals surface area contributed by atoms with Crippen LogP contribution >= 0.6 is 0 Å². The molecule has 1 N–H and O–H groups in total. The zero-order valence-corrected chi connectivity index (χ0v) is 13.5. The van der Waals surface area contributed by atoms with E-state index in [-0.39, 0.29) is 37.7 Å². The van der Waals surface area contributed by atoms with Crippen LogP contribution in [0.5, 0.6) is 0 Å². The molecule has 0 fully saturated rings. The average Bonchev–Trinajstić information content (AvgIpc) is 2.52. The average molecular weight is 308 g/mol. The topological polar surface area (TPSA) is 106 Å². The van der Waals surface area contributed by atoms with Crippen LogP contribution < -0.4 is 5.32 Å². The van der Waals surface area contributed by atoms with Crippen molar-refractivity contribution in [3.05, 3.63) is 0 Å². The molecule has 0 heterocycles. The molecule has 0 aliphatic carbocycles. The summed E-state index contributed by atoms with van der Waals surface area (Å²) in [7, 11) is 1.33. The SMILES string of the molecule is CC[C@@](C)(CC(=O)OC)NCC(=O)N(CCC#N)CCC#N. The molecule has 7 nitrogen and oxygen atoms in total. The zero-order chi connectivity index (χ0) is 17.0. The minimum atomic E-state index is -0.529. The number of esters is 1. The molecule has 1 amide bonds. The maximum atomic E-state index is 12.2. The lowest BCUT2D eigenvalue weighted by Crippen LogP contribution is -2.49. The predicted octanol–water partition coefficient (Wildman–Crippen LogP) is 0.964. The van der Waals surface area contributed by atoms with Crippen molar-refractivity contribution in [3.63, 3.8) is 0 Å². The first-order valence-corrected chi connectivity index (χ1v) is 7.26. The Morgan fingerprint density at radius 2 is 1.77 bits per heavy atom. The van der Waals surface area contributed by atoms with Crippen LogP contribution in [0.3, 0.4) is 0 Å². The van der Waals surface area contributed by atoms with Crippen molar-refractivity contribution >= 4 is 11.9 Å². The number of ether oxygens (including phenoxy) is 1. The standard InChI is InChI=1S/C15H24N4O3/c1-4-15(2,11-14(21)22-3)18-12-13(20)19(9-5-7-16)10-6-8-17/h18H,4-6,9-12H2,1-3H3/t15-/m0/s1. The Hall–Kier alpha value is -2.12. The Morgan fingerprint density at radius 1 is 1.23 bits per heavy atom. The van der Waals surface area contributed by atoms with Gasteiger partial charge in [-0.05, 0) is 13.3 Å². The minimum absolute atomic E-state index is 0.0538. The van der Waals surface area contributed by atoms with Gasteiger partial charge < -0.3 is 15.0 Å². The van der Waals surface area contributed by atoms with Crippen molar-refractivity contribution in [2.45, 2.75) is 45.1 Å². The molecule has 0 saturated carbocycles. The van der Waals surface area contributed by atoms with Crippen LogP contribution in [0.15, 0.2) is 0 Å². The van der Waals surface area contributed by atoms with Crippen LogP contribution in [0.4, 0.5) is 0 Å². The van der Waals surface area contributed by atoms with E-state index in [0.717, 1.165) is 0 Å². The smallest absolute Gasteiger partial charge is 0.307 e. The van der Waals surface area contributed by atoms with Crippen LogP contribution in [0.25, 0.3) is 0 Å². The molecule has 7 heteroatoms. The minimum Gasteiger partial charge on any atom is -0.469 e. The van der Waals surface area contributed by atoms with Crippen LogP contribution in [0.1, 0.15) is 39.5 Å². The second-order valence-electron chi connectivity index (χ2n) is 5.22. The van der Waals surface area contributed by atoms with Gasteiger partial charge in [0, 0.05) is 18.6 Å². The van der Waals surface area contributed by atoms with Gasteiger partial charge in [0.15, 0.2) is 0 Å². The second-order valence-corrected chi connectivity index (χ2v) is 5.22. The van der Waals surface area contributed by atoms with Crippen molar-refractivity contribution in [2.24, 2.45) is 0 Å². The summed E-state index contributed by atoms with van der Waals surface area (Å²) in [6, 6.07) is 3.98. The monoisotopic (exact) mass is 308 g/mol. The number of rotatable bonds is 10. The van der Waals surface area contributed by atoms with Gasteiger partial charge in [-0.3, -0.25) is 9.59 Å². The Kier molecular flexibility index (Phi) is 9.56. The summed E-state index contributed by atoms with van der Waals surface area (Å²) < 4.78 is 4.66. The second kappa shape index (κ2) is 10.6. The lowest BCUT2D eigenvalue weighted by Gasteiger charge is -2.30. The first-order valence-electron chi connectivity index (χ1n) is 7.26. The maximum Gasteiger partial charge on any atom is 0.307 e. The molecule has 0 bridgehead atoms. The van der Waals surface area contributed by atoms with Crippen molar-refractivity contribution < 1.29 is 14.3 Å². The summed E-state index contributed by atoms with van der Waals surface area (Å²) in [4.78, 5) is 25.1. The number of carbonyl (C=O) groups is 2. The van der Waals surface area contributed by atoms with E-state index in [1.165, 1.54) is 12.0 Å². The van der Waals surface area contributed by atoms with Gasteiger partial charge in [0.1, 0.15) is 0 Å². The van der Waals surface area contributed by atoms with Crippen molar-refractivity contribution in [2.75, 3.05) is 26.7 Å². The van der Waals surface area contributed by atoms with Gasteiger partial charge in [0.25, 0.3) is 0 Å². The Labute approximate surface area is 131 Å². The molecule has 22 heavy (non-hydrogen) atoms. The van der Waals surface area contributed by atoms with Crippen molar-refractivity contribution in [1.82, 2.24) is 10.2 Å². The number of carbonyl (C=O) groups excluding carboxylic acids is 2. The van der Waals surface area contributed by atoms with E-state index >= 15 is 0 Å². The fraction of sp³-hybridized carbons (Fsp3) is 0.733. The third-order valence-electron chi connectivity index (χ3n) is 3.55. The van der Waals surface area contributed by atoms with Gasteiger partial charge in [-0.15, -0.1) is 0 Å². The molecule has 0 aromatic heterocycles. The van der Waals surface area contributed by atoms with E-state index in [0.29, 0.717) is 19.5 Å². The summed E-state index contributed by atoms with van der Waals surface area (Å²) >= 11 is 0. The molecular formula is C15H24N4O3. The summed E-state index contributed by atoms with van der Waals surface area (Å²) in [5.74, 6) is -0.523. The number of hydrogen-bond donors (Lipinski definition) is 1. The molecule has 0 radical (unpaired) electrons. The molecule has 0 aliphatic rings. The first kappa shape index (κ1) is 19.9. The van der Waals surface area contributed by atoms with E-state index < -0.39 is 5.54 Å². The van der Waals surface area contributed by atoms with E-state index in [4.69, 9.17) is 10.5 Å². The number of methoxy groups -OCH3 is 1. The van der Waals surface area contributed by atoms with E-state index in [1.54, 1.807) is 0 Å². The summed E-state index contributed by atoms with van der Waals surface area (Å²) in [6.45, 7) is 4.44. The van der Waals surface area contributed by atoms with Crippen LogP contribution in [0, 0.1) is 22.7 Å². The molecule has 1 atom stereocenters. The van der Waals surface area contributed by atoms with Crippen molar-refractivity contribution in [1.29, 1.82) is 10.5 Å². The highest BCUT2D eigenvalue weighted by atomic mass is 16.5. The maximum absolute atomic E-state index is 12.2. The number of nitriles is 2. The van der Waals surface area contributed by atoms with Gasteiger partial charge in [0.2, 0.25) is 5.91 Å². The quantitative estimate of drug-likeness (QED) is 0.603. The third kappa shape index (κ3) is 7.61. The lowest BCUT2D eigenvalue weighted by atomic mass is 9.94. The van der Waals surface area contributed by atoms with Crippen LogP contribution in [-0.2, 0) is 14.3 Å². The number of nitrogens with zero attached hydrogens (tertiary/aromatic N) is 3. The molecule has 0 unspecified atom stereocenters. The summed E-state index contributed by atoms with van der Waals surface area (Å²) in [5, 5.41) is 20.3. The van der Waals surface area contributed by atoms with E-state index in [9.17, 15) is 9.59 Å². The van der Waals surface area contributed by atoms with E-state index in [2.05, 4.69) is 10.1 Å². The largest absolute Gasteiger partial charge is 0.469 e. The summed E-state index contributed by atoms with van der Waals surface area (Å²) in [5.41, 5.74) is -0.529. The Balaban J connectivity index is 4.60. The third-order valence-corrected chi connectivity index (χ3v) is 3.55. The van der Waals surface area contributed by atoms with Gasteiger partial charge in [-0.25, -0.2) is 0 Å². The zero-order valence-electron chi connectivity index (χ0n) is 13.5. The van der Waals surface area contributed by atoms with Gasteiger partial charge in [-0.1, -0.05) is 6.92 Å². The molecular weight excluding hydrogens is 284 g/mol. The fourth-order valence-corrected chi connectivity index (χ4v) is 1.84. The van der Waals surface area contributed by atoms with Gasteiger partial charge >= 0.3 is 5.97 Å². The van der Waals surface area contributed by atoms with E-state index in [1.807, 2.05) is 26.0 Å². The molecule has 0 rings (SSSR count).